The summed E-state index contributed by atoms with van der Waals surface area (Å²) in [5.41, 5.74) is -0.202. The summed E-state index contributed by atoms with van der Waals surface area (Å²) in [5.74, 6) is -2.30. The Morgan fingerprint density at radius 2 is 1.89 bits per heavy atom. The molecule has 100 valence electrons. The molecule has 0 radical (unpaired) electrons. The first kappa shape index (κ1) is 14.3. The van der Waals surface area contributed by atoms with Crippen molar-refractivity contribution in [3.63, 3.8) is 0 Å². The number of benzene rings is 1. The van der Waals surface area contributed by atoms with Gasteiger partial charge in [0, 0.05) is 0 Å². The van der Waals surface area contributed by atoms with Crippen molar-refractivity contribution in [1.29, 1.82) is 0 Å². The minimum absolute atomic E-state index is 0.202. The number of aliphatic hydroxyl groups excluding tert-OH is 2. The maximum atomic E-state index is 11.9. The molecule has 2 unspecified atom stereocenters. The van der Waals surface area contributed by atoms with Crippen LogP contribution in [0.25, 0.3) is 0 Å². The van der Waals surface area contributed by atoms with Gasteiger partial charge in [0.25, 0.3) is 0 Å². The molecule has 5 nitrogen and oxygen atoms in total. The summed E-state index contributed by atoms with van der Waals surface area (Å²) in [4.78, 5) is 10.4. The maximum absolute atomic E-state index is 11.9. The van der Waals surface area contributed by atoms with Gasteiger partial charge in [0.2, 0.25) is 0 Å². The highest BCUT2D eigenvalue weighted by Crippen LogP contribution is 2.26. The molecule has 0 saturated carbocycles. The molecule has 3 N–H and O–H groups in total. The number of aliphatic hydroxyl groups is 2. The van der Waals surface area contributed by atoms with Gasteiger partial charge in [-0.15, -0.1) is 13.2 Å². The molecule has 0 aliphatic rings. The van der Waals surface area contributed by atoms with Gasteiger partial charge in [0.15, 0.2) is 6.10 Å². The van der Waals surface area contributed by atoms with Crippen molar-refractivity contribution in [2.24, 2.45) is 0 Å². The topological polar surface area (TPSA) is 87.0 Å². The minimum atomic E-state index is -4.89. The van der Waals surface area contributed by atoms with E-state index in [4.69, 9.17) is 10.2 Å². The fraction of sp³-hybridized carbons (Fsp3) is 0.300. The van der Waals surface area contributed by atoms with Crippen molar-refractivity contribution < 1.29 is 38.0 Å². The minimum Gasteiger partial charge on any atom is -0.479 e. The van der Waals surface area contributed by atoms with Crippen molar-refractivity contribution in [2.45, 2.75) is 18.6 Å². The number of ether oxygens (including phenoxy) is 1. The van der Waals surface area contributed by atoms with Crippen LogP contribution in [0.2, 0.25) is 0 Å². The molecular formula is C10H9F3O5. The fourth-order valence-corrected chi connectivity index (χ4v) is 1.21. The molecule has 18 heavy (non-hydrogen) atoms. The molecule has 0 amide bonds. The van der Waals surface area contributed by atoms with Gasteiger partial charge in [0.1, 0.15) is 11.9 Å². The highest BCUT2D eigenvalue weighted by Gasteiger charge is 2.32. The summed E-state index contributed by atoms with van der Waals surface area (Å²) in [6.45, 7) is 0. The molecule has 0 aliphatic heterocycles. The number of alkyl halides is 3. The Bertz CT molecular complexity index is 432. The van der Waals surface area contributed by atoms with Gasteiger partial charge >= 0.3 is 12.3 Å². The summed E-state index contributed by atoms with van der Waals surface area (Å²) < 4.78 is 39.4. The van der Waals surface area contributed by atoms with E-state index >= 15 is 0 Å². The second-order valence-electron chi connectivity index (χ2n) is 3.35. The van der Waals surface area contributed by atoms with Crippen molar-refractivity contribution in [1.82, 2.24) is 0 Å². The van der Waals surface area contributed by atoms with Crippen LogP contribution in [0.3, 0.4) is 0 Å². The van der Waals surface area contributed by atoms with Gasteiger partial charge in [-0.2, -0.15) is 0 Å². The van der Waals surface area contributed by atoms with E-state index < -0.39 is 30.3 Å². The molecule has 0 aromatic heterocycles. The van der Waals surface area contributed by atoms with Gasteiger partial charge in [-0.25, -0.2) is 4.79 Å². The number of rotatable bonds is 4. The molecule has 1 aromatic rings. The fourth-order valence-electron chi connectivity index (χ4n) is 1.21. The first-order chi connectivity index (χ1) is 8.20. The lowest BCUT2D eigenvalue weighted by molar-refractivity contribution is -0.274. The molecule has 2 atom stereocenters. The molecule has 8 heteroatoms. The number of hydrogen-bond donors (Lipinski definition) is 3. The predicted octanol–water partition coefficient (Wildman–Crippen LogP) is 1.06. The van der Waals surface area contributed by atoms with Gasteiger partial charge in [-0.3, -0.25) is 0 Å². The summed E-state index contributed by atoms with van der Waals surface area (Å²) in [7, 11) is 0. The second-order valence-corrected chi connectivity index (χ2v) is 3.35. The summed E-state index contributed by atoms with van der Waals surface area (Å²) in [6.07, 6.45) is -8.87. The lowest BCUT2D eigenvalue weighted by atomic mass is 10.0. The standard InChI is InChI=1S/C10H9F3O5/c11-10(12,13)18-6-3-1-2-5(4-6)7(14)8(15)9(16)17/h1-4,7-8,14-15H,(H,16,17). The maximum Gasteiger partial charge on any atom is 0.573 e. The van der Waals surface area contributed by atoms with Crippen LogP contribution in [0.5, 0.6) is 5.75 Å². The average Bonchev–Trinajstić information content (AvgIpc) is 2.25. The summed E-state index contributed by atoms with van der Waals surface area (Å²) in [5, 5.41) is 26.9. The normalized spacial score (nSPS) is 14.9. The molecule has 0 fully saturated rings. The first-order valence-electron chi connectivity index (χ1n) is 4.65. The zero-order valence-electron chi connectivity index (χ0n) is 8.76. The van der Waals surface area contributed by atoms with Crippen LogP contribution in [-0.4, -0.2) is 33.8 Å². The Balaban J connectivity index is 2.91. The van der Waals surface area contributed by atoms with Crippen LogP contribution >= 0.6 is 0 Å². The van der Waals surface area contributed by atoms with E-state index in [0.29, 0.717) is 0 Å². The van der Waals surface area contributed by atoms with Crippen molar-refractivity contribution in [3.8, 4) is 5.75 Å². The molecule has 1 aromatic carbocycles. The van der Waals surface area contributed by atoms with E-state index in [9.17, 15) is 23.1 Å². The van der Waals surface area contributed by atoms with Crippen molar-refractivity contribution in [3.05, 3.63) is 29.8 Å². The Kier molecular flexibility index (Phi) is 4.15. The molecule has 0 bridgehead atoms. The summed E-state index contributed by atoms with van der Waals surface area (Å²) in [6, 6.07) is 4.08. The average molecular weight is 266 g/mol. The Morgan fingerprint density at radius 1 is 1.28 bits per heavy atom. The third-order valence-electron chi connectivity index (χ3n) is 1.99. The van der Waals surface area contributed by atoms with E-state index in [-0.39, 0.29) is 5.56 Å². The van der Waals surface area contributed by atoms with Gasteiger partial charge in [-0.05, 0) is 17.7 Å². The molecule has 0 heterocycles. The molecule has 0 aliphatic carbocycles. The molecular weight excluding hydrogens is 257 g/mol. The molecule has 0 saturated heterocycles. The second kappa shape index (κ2) is 5.23. The van der Waals surface area contributed by atoms with Crippen LogP contribution in [0, 0.1) is 0 Å². The van der Waals surface area contributed by atoms with Crippen LogP contribution in [-0.2, 0) is 4.79 Å². The third kappa shape index (κ3) is 3.90. The SMILES string of the molecule is O=C(O)C(O)C(O)c1cccc(OC(F)(F)F)c1. The largest absolute Gasteiger partial charge is 0.573 e. The number of hydrogen-bond acceptors (Lipinski definition) is 4. The van der Waals surface area contributed by atoms with E-state index in [0.717, 1.165) is 18.2 Å². The zero-order chi connectivity index (χ0) is 13.9. The number of carboxylic acid groups (broad SMARTS) is 1. The van der Waals surface area contributed by atoms with Gasteiger partial charge in [-0.1, -0.05) is 12.1 Å². The highest BCUT2D eigenvalue weighted by molar-refractivity contribution is 5.73. The van der Waals surface area contributed by atoms with Crippen LogP contribution in [0.15, 0.2) is 24.3 Å². The smallest absolute Gasteiger partial charge is 0.479 e. The number of carbonyl (C=O) groups is 1. The van der Waals surface area contributed by atoms with E-state index in [2.05, 4.69) is 4.74 Å². The van der Waals surface area contributed by atoms with Crippen LogP contribution < -0.4 is 4.74 Å². The van der Waals surface area contributed by atoms with Crippen molar-refractivity contribution in [2.75, 3.05) is 0 Å². The Labute approximate surface area is 99.0 Å². The van der Waals surface area contributed by atoms with Gasteiger partial charge < -0.3 is 20.1 Å². The van der Waals surface area contributed by atoms with Gasteiger partial charge in [0.05, 0.1) is 0 Å². The highest BCUT2D eigenvalue weighted by atomic mass is 19.4. The zero-order valence-corrected chi connectivity index (χ0v) is 8.76. The third-order valence-corrected chi connectivity index (χ3v) is 1.99. The summed E-state index contributed by atoms with van der Waals surface area (Å²) >= 11 is 0. The first-order valence-corrected chi connectivity index (χ1v) is 4.65. The predicted molar refractivity (Wildman–Crippen MR) is 51.7 cm³/mol. The lowest BCUT2D eigenvalue weighted by Gasteiger charge is -2.15. The van der Waals surface area contributed by atoms with Crippen molar-refractivity contribution >= 4 is 5.97 Å². The van der Waals surface area contributed by atoms with E-state index in [1.807, 2.05) is 0 Å². The number of halogens is 3. The number of aliphatic carboxylic acids is 1. The van der Waals surface area contributed by atoms with E-state index in [1.54, 1.807) is 0 Å². The van der Waals surface area contributed by atoms with Crippen LogP contribution in [0.4, 0.5) is 13.2 Å². The monoisotopic (exact) mass is 266 g/mol. The Hall–Kier alpha value is -1.80. The quantitative estimate of drug-likeness (QED) is 0.758. The number of carboxylic acids is 1. The Morgan fingerprint density at radius 3 is 2.39 bits per heavy atom. The molecule has 0 spiro atoms. The van der Waals surface area contributed by atoms with Crippen LogP contribution in [0.1, 0.15) is 11.7 Å². The molecule has 1 rings (SSSR count). The van der Waals surface area contributed by atoms with E-state index in [1.165, 1.54) is 6.07 Å². The lowest BCUT2D eigenvalue weighted by Crippen LogP contribution is -2.27.